The van der Waals surface area contributed by atoms with Gasteiger partial charge in [0.05, 0.1) is 18.5 Å². The molecule has 0 aliphatic rings. The molecule has 4 aromatic rings. The summed E-state index contributed by atoms with van der Waals surface area (Å²) in [5.74, 6) is 1.15. The number of hydrogen-bond acceptors (Lipinski definition) is 9. The zero-order chi connectivity index (χ0) is 23.0. The van der Waals surface area contributed by atoms with Gasteiger partial charge >= 0.3 is 0 Å². The maximum Gasteiger partial charge on any atom is 0.230 e. The molecule has 1 amide bonds. The van der Waals surface area contributed by atoms with E-state index in [9.17, 15) is 4.79 Å². The average molecular weight is 498 g/mol. The van der Waals surface area contributed by atoms with Crippen molar-refractivity contribution in [3.05, 3.63) is 71.2 Å². The fourth-order valence-electron chi connectivity index (χ4n) is 3.12. The Morgan fingerprint density at radius 2 is 1.91 bits per heavy atom. The van der Waals surface area contributed by atoms with E-state index in [-0.39, 0.29) is 5.91 Å². The van der Waals surface area contributed by atoms with Crippen LogP contribution in [-0.2, 0) is 17.0 Å². The standard InChI is InChI=1S/C23H23N5O2S3/c1-16(29)28(19-10-6-7-11-20(19)30-2)22-25-18(14-31-22)15-32-23-27-26-21(33-23)24-13-12-17-8-4-3-5-9-17/h3-11,14H,12-13,15H2,1-2H3,(H,24,26). The van der Waals surface area contributed by atoms with Gasteiger partial charge in [0.1, 0.15) is 5.75 Å². The number of amides is 1. The molecule has 1 N–H and O–H groups in total. The number of hydrogen-bond donors (Lipinski definition) is 1. The van der Waals surface area contributed by atoms with Crippen LogP contribution in [0.15, 0.2) is 64.3 Å². The Kier molecular flexibility index (Phi) is 7.92. The fraction of sp³-hybridized carbons (Fsp3) is 0.217. The molecule has 2 aromatic heterocycles. The van der Waals surface area contributed by atoms with E-state index in [1.54, 1.807) is 23.8 Å². The number of nitrogens with zero attached hydrogens (tertiary/aromatic N) is 4. The van der Waals surface area contributed by atoms with Crippen LogP contribution in [0.2, 0.25) is 0 Å². The summed E-state index contributed by atoms with van der Waals surface area (Å²) in [6.45, 7) is 2.33. The van der Waals surface area contributed by atoms with Crippen molar-refractivity contribution in [1.82, 2.24) is 15.2 Å². The molecule has 2 aromatic carbocycles. The molecule has 0 atom stereocenters. The Hall–Kier alpha value is -2.95. The normalized spacial score (nSPS) is 10.7. The quantitative estimate of drug-likeness (QED) is 0.284. The van der Waals surface area contributed by atoms with Crippen molar-refractivity contribution >= 4 is 56.3 Å². The van der Waals surface area contributed by atoms with Gasteiger partial charge in [-0.3, -0.25) is 9.69 Å². The van der Waals surface area contributed by atoms with Crippen LogP contribution in [0.5, 0.6) is 5.75 Å². The number of thioether (sulfide) groups is 1. The van der Waals surface area contributed by atoms with E-state index in [0.717, 1.165) is 28.1 Å². The smallest absolute Gasteiger partial charge is 0.230 e. The molecule has 7 nitrogen and oxygen atoms in total. The SMILES string of the molecule is COc1ccccc1N(C(C)=O)c1nc(CSc2nnc(NCCc3ccccc3)s2)cs1. The second-order valence-electron chi connectivity index (χ2n) is 6.97. The summed E-state index contributed by atoms with van der Waals surface area (Å²) in [6.07, 6.45) is 0.934. The third kappa shape index (κ3) is 6.10. The topological polar surface area (TPSA) is 80.2 Å². The summed E-state index contributed by atoms with van der Waals surface area (Å²) in [5, 5.41) is 15.2. The van der Waals surface area contributed by atoms with Crippen molar-refractivity contribution in [2.75, 3.05) is 23.9 Å². The lowest BCUT2D eigenvalue weighted by Gasteiger charge is -2.20. The predicted molar refractivity (Wildman–Crippen MR) is 136 cm³/mol. The van der Waals surface area contributed by atoms with Crippen molar-refractivity contribution in [2.45, 2.75) is 23.4 Å². The number of methoxy groups -OCH3 is 1. The van der Waals surface area contributed by atoms with Crippen LogP contribution in [-0.4, -0.2) is 34.7 Å². The molecule has 0 fully saturated rings. The number of ether oxygens (including phenoxy) is 1. The van der Waals surface area contributed by atoms with E-state index in [1.807, 2.05) is 47.8 Å². The third-order valence-electron chi connectivity index (χ3n) is 4.65. The molecule has 0 unspecified atom stereocenters. The summed E-state index contributed by atoms with van der Waals surface area (Å²) >= 11 is 4.54. The molecular formula is C23H23N5O2S3. The molecule has 170 valence electrons. The van der Waals surface area contributed by atoms with Gasteiger partial charge in [-0.2, -0.15) is 0 Å². The minimum absolute atomic E-state index is 0.122. The molecule has 33 heavy (non-hydrogen) atoms. The van der Waals surface area contributed by atoms with E-state index in [4.69, 9.17) is 4.74 Å². The van der Waals surface area contributed by atoms with Crippen LogP contribution in [0.1, 0.15) is 18.2 Å². The molecule has 4 rings (SSSR count). The molecule has 0 radical (unpaired) electrons. The minimum atomic E-state index is -0.122. The number of thiazole rings is 1. The van der Waals surface area contributed by atoms with Crippen molar-refractivity contribution < 1.29 is 9.53 Å². The first-order chi connectivity index (χ1) is 16.1. The van der Waals surface area contributed by atoms with Crippen LogP contribution >= 0.6 is 34.4 Å². The minimum Gasteiger partial charge on any atom is -0.495 e. The number of benzene rings is 2. The Bertz CT molecular complexity index is 1200. The number of rotatable bonds is 10. The van der Waals surface area contributed by atoms with E-state index < -0.39 is 0 Å². The second-order valence-corrected chi connectivity index (χ2v) is 10.0. The van der Waals surface area contributed by atoms with Crippen molar-refractivity contribution in [3.63, 3.8) is 0 Å². The molecule has 0 saturated heterocycles. The van der Waals surface area contributed by atoms with Gasteiger partial charge in [-0.05, 0) is 24.1 Å². The molecule has 10 heteroatoms. The molecule has 0 spiro atoms. The maximum absolute atomic E-state index is 12.4. The molecular weight excluding hydrogens is 474 g/mol. The van der Waals surface area contributed by atoms with E-state index in [0.29, 0.717) is 22.3 Å². The van der Waals surface area contributed by atoms with E-state index in [1.165, 1.54) is 35.2 Å². The second kappa shape index (κ2) is 11.3. The van der Waals surface area contributed by atoms with Crippen molar-refractivity contribution in [3.8, 4) is 5.75 Å². The first-order valence-corrected chi connectivity index (χ1v) is 12.9. The van der Waals surface area contributed by atoms with Gasteiger partial charge in [0, 0.05) is 24.6 Å². The first kappa shape index (κ1) is 23.2. The number of para-hydroxylation sites is 2. The highest BCUT2D eigenvalue weighted by molar-refractivity contribution is 8.00. The predicted octanol–water partition coefficient (Wildman–Crippen LogP) is 5.63. The summed E-state index contributed by atoms with van der Waals surface area (Å²) in [7, 11) is 1.59. The maximum atomic E-state index is 12.4. The highest BCUT2D eigenvalue weighted by Crippen LogP contribution is 2.36. The Morgan fingerprint density at radius 3 is 2.70 bits per heavy atom. The van der Waals surface area contributed by atoms with Crippen LogP contribution in [0.4, 0.5) is 16.0 Å². The Morgan fingerprint density at radius 1 is 1.12 bits per heavy atom. The number of aromatic nitrogens is 3. The third-order valence-corrected chi connectivity index (χ3v) is 7.58. The largest absolute Gasteiger partial charge is 0.495 e. The van der Waals surface area contributed by atoms with Gasteiger partial charge in [0.25, 0.3) is 0 Å². The lowest BCUT2D eigenvalue weighted by Crippen LogP contribution is -2.23. The summed E-state index contributed by atoms with van der Waals surface area (Å²) < 4.78 is 6.30. The Balaban J connectivity index is 1.34. The zero-order valence-electron chi connectivity index (χ0n) is 18.2. The average Bonchev–Trinajstić information content (AvgIpc) is 3.48. The number of nitrogens with one attached hydrogen (secondary N) is 1. The number of anilines is 3. The molecule has 2 heterocycles. The summed E-state index contributed by atoms with van der Waals surface area (Å²) in [6, 6.07) is 17.8. The lowest BCUT2D eigenvalue weighted by atomic mass is 10.2. The monoisotopic (exact) mass is 497 g/mol. The van der Waals surface area contributed by atoms with Gasteiger partial charge < -0.3 is 10.1 Å². The zero-order valence-corrected chi connectivity index (χ0v) is 20.7. The van der Waals surface area contributed by atoms with Crippen molar-refractivity contribution in [2.24, 2.45) is 0 Å². The van der Waals surface area contributed by atoms with E-state index >= 15 is 0 Å². The fourth-order valence-corrected chi connectivity index (χ4v) is 5.78. The summed E-state index contributed by atoms with van der Waals surface area (Å²) in [5.41, 5.74) is 2.85. The van der Waals surface area contributed by atoms with Crippen LogP contribution < -0.4 is 15.0 Å². The first-order valence-electron chi connectivity index (χ1n) is 10.3. The van der Waals surface area contributed by atoms with Crippen LogP contribution in [0.25, 0.3) is 0 Å². The van der Waals surface area contributed by atoms with Crippen molar-refractivity contribution in [1.29, 1.82) is 0 Å². The molecule has 0 aliphatic carbocycles. The van der Waals surface area contributed by atoms with Gasteiger partial charge in [0.15, 0.2) is 9.47 Å². The number of carbonyl (C=O) groups is 1. The lowest BCUT2D eigenvalue weighted by molar-refractivity contribution is -0.115. The van der Waals surface area contributed by atoms with Gasteiger partial charge in [-0.1, -0.05) is 65.6 Å². The summed E-state index contributed by atoms with van der Waals surface area (Å²) in [4.78, 5) is 18.6. The highest BCUT2D eigenvalue weighted by atomic mass is 32.2. The van der Waals surface area contributed by atoms with Crippen LogP contribution in [0, 0.1) is 0 Å². The Labute approximate surface area is 204 Å². The molecule has 0 saturated carbocycles. The molecule has 0 bridgehead atoms. The number of carbonyl (C=O) groups excluding carboxylic acids is 1. The van der Waals surface area contributed by atoms with Gasteiger partial charge in [0.2, 0.25) is 11.0 Å². The van der Waals surface area contributed by atoms with Gasteiger partial charge in [-0.25, -0.2) is 4.98 Å². The highest BCUT2D eigenvalue weighted by Gasteiger charge is 2.21. The van der Waals surface area contributed by atoms with Crippen LogP contribution in [0.3, 0.4) is 0 Å². The van der Waals surface area contributed by atoms with Gasteiger partial charge in [-0.15, -0.1) is 21.5 Å². The molecule has 0 aliphatic heterocycles. The van der Waals surface area contributed by atoms with E-state index in [2.05, 4.69) is 32.6 Å².